The highest BCUT2D eigenvalue weighted by Gasteiger charge is 2.49. The number of aliphatic hydroxyl groups is 3. The van der Waals surface area contributed by atoms with Gasteiger partial charge in [-0.3, -0.25) is 4.79 Å². The van der Waals surface area contributed by atoms with Gasteiger partial charge in [0.1, 0.15) is 35.9 Å². The van der Waals surface area contributed by atoms with Gasteiger partial charge in [-0.05, 0) is 42.8 Å². The third-order valence-electron chi connectivity index (χ3n) is 8.37. The summed E-state index contributed by atoms with van der Waals surface area (Å²) in [6, 6.07) is -0.951. The highest BCUT2D eigenvalue weighted by molar-refractivity contribution is 7.99. The minimum Gasteiger partial charge on any atom is -0.388 e. The van der Waals surface area contributed by atoms with Gasteiger partial charge in [-0.25, -0.2) is 0 Å². The van der Waals surface area contributed by atoms with E-state index in [9.17, 15) is 20.1 Å². The molecule has 3 unspecified atom stereocenters. The number of carbonyl (C=O) groups excluding carboxylic acids is 1. The number of rotatable bonds is 6. The Morgan fingerprint density at radius 3 is 2.42 bits per heavy atom. The maximum atomic E-state index is 13.4. The van der Waals surface area contributed by atoms with Crippen LogP contribution < -0.4 is 10.6 Å². The van der Waals surface area contributed by atoms with Gasteiger partial charge in [0.05, 0.1) is 12.1 Å². The fourth-order valence-electron chi connectivity index (χ4n) is 6.44. The Balaban J connectivity index is 1.41. The van der Waals surface area contributed by atoms with Gasteiger partial charge >= 0.3 is 0 Å². The minimum atomic E-state index is -1.33. The van der Waals surface area contributed by atoms with E-state index < -0.39 is 41.9 Å². The Bertz CT molecular complexity index is 661. The van der Waals surface area contributed by atoms with Crippen molar-refractivity contribution in [1.29, 1.82) is 0 Å². The van der Waals surface area contributed by atoms with Gasteiger partial charge in [0, 0.05) is 13.2 Å². The molecular weight excluding hydrogens is 444 g/mol. The van der Waals surface area contributed by atoms with Crippen molar-refractivity contribution in [3.63, 3.8) is 0 Å². The number of nitrogens with one attached hydrogen (secondary N) is 2. The summed E-state index contributed by atoms with van der Waals surface area (Å²) in [6.07, 6.45) is 4.56. The maximum Gasteiger partial charge on any atom is 0.240 e. The lowest BCUT2D eigenvalue weighted by molar-refractivity contribution is -0.208. The summed E-state index contributed by atoms with van der Waals surface area (Å²) in [6.45, 7) is 5.38. The Labute approximate surface area is 201 Å². The van der Waals surface area contributed by atoms with E-state index in [2.05, 4.69) is 10.6 Å². The molecule has 3 heterocycles. The molecule has 33 heavy (non-hydrogen) atoms. The molecule has 0 aromatic carbocycles. The van der Waals surface area contributed by atoms with Crippen molar-refractivity contribution in [2.24, 2.45) is 23.7 Å². The third kappa shape index (κ3) is 5.39. The second-order valence-corrected chi connectivity index (χ2v) is 11.7. The van der Waals surface area contributed by atoms with Crippen LogP contribution in [0.1, 0.15) is 52.4 Å². The van der Waals surface area contributed by atoms with Crippen LogP contribution in [0.4, 0.5) is 0 Å². The van der Waals surface area contributed by atoms with Gasteiger partial charge in [0.15, 0.2) is 0 Å². The maximum absolute atomic E-state index is 13.4. The highest BCUT2D eigenvalue weighted by Crippen LogP contribution is 2.40. The van der Waals surface area contributed by atoms with Gasteiger partial charge in [-0.2, -0.15) is 0 Å². The summed E-state index contributed by atoms with van der Waals surface area (Å²) >= 11 is 1.28. The molecule has 4 aliphatic rings. The third-order valence-corrected chi connectivity index (χ3v) is 9.22. The SMILES string of the molecule is CSC1O[C@H]([C@H](NC(=O)[C@H]2NC[C@@H]3C[C@@H](C4CCCC4)CCO[C@H]32)C(C)C)C(O)C(O)[C@H]1O. The monoisotopic (exact) mass is 486 g/mol. The average molecular weight is 487 g/mol. The zero-order valence-electron chi connectivity index (χ0n) is 20.1. The normalized spacial score (nSPS) is 43.3. The molecule has 190 valence electrons. The van der Waals surface area contributed by atoms with Gasteiger partial charge in [-0.1, -0.05) is 39.5 Å². The molecule has 0 spiro atoms. The van der Waals surface area contributed by atoms with Crippen molar-refractivity contribution in [1.82, 2.24) is 10.6 Å². The molecule has 1 saturated carbocycles. The van der Waals surface area contributed by atoms with E-state index in [1.807, 2.05) is 13.8 Å². The van der Waals surface area contributed by atoms with E-state index in [1.165, 1.54) is 37.4 Å². The predicted molar refractivity (Wildman–Crippen MR) is 127 cm³/mol. The van der Waals surface area contributed by atoms with Crippen molar-refractivity contribution in [2.45, 2.75) is 100 Å². The predicted octanol–water partition coefficient (Wildman–Crippen LogP) is 0.871. The number of hydrogen-bond donors (Lipinski definition) is 5. The van der Waals surface area contributed by atoms with Crippen LogP contribution in [0.2, 0.25) is 0 Å². The molecule has 3 aliphatic heterocycles. The van der Waals surface area contributed by atoms with Crippen LogP contribution in [0, 0.1) is 23.7 Å². The van der Waals surface area contributed by atoms with Crippen molar-refractivity contribution in [3.05, 3.63) is 0 Å². The second kappa shape index (κ2) is 11.1. The Morgan fingerprint density at radius 1 is 1.03 bits per heavy atom. The number of hydrogen-bond acceptors (Lipinski definition) is 8. The summed E-state index contributed by atoms with van der Waals surface area (Å²) in [5.74, 6) is 1.63. The van der Waals surface area contributed by atoms with Gasteiger partial charge in [0.2, 0.25) is 5.91 Å². The van der Waals surface area contributed by atoms with Crippen molar-refractivity contribution in [2.75, 3.05) is 19.4 Å². The lowest BCUT2D eigenvalue weighted by atomic mass is 9.81. The fraction of sp³-hybridized carbons (Fsp3) is 0.958. The van der Waals surface area contributed by atoms with Gasteiger partial charge in [-0.15, -0.1) is 11.8 Å². The quantitative estimate of drug-likeness (QED) is 0.375. The van der Waals surface area contributed by atoms with E-state index in [0.29, 0.717) is 18.4 Å². The average Bonchev–Trinajstić information content (AvgIpc) is 3.42. The molecule has 10 atom stereocenters. The van der Waals surface area contributed by atoms with Crippen LogP contribution in [0.15, 0.2) is 0 Å². The van der Waals surface area contributed by atoms with E-state index >= 15 is 0 Å². The van der Waals surface area contributed by atoms with Gasteiger partial charge < -0.3 is 35.4 Å². The van der Waals surface area contributed by atoms with Crippen LogP contribution in [-0.4, -0.2) is 88.7 Å². The number of carbonyl (C=O) groups is 1. The first-order chi connectivity index (χ1) is 15.8. The van der Waals surface area contributed by atoms with Crippen LogP contribution in [-0.2, 0) is 14.3 Å². The highest BCUT2D eigenvalue weighted by atomic mass is 32.2. The minimum absolute atomic E-state index is 0.0439. The molecule has 0 bridgehead atoms. The first kappa shape index (κ1) is 25.7. The van der Waals surface area contributed by atoms with Crippen LogP contribution in [0.25, 0.3) is 0 Å². The van der Waals surface area contributed by atoms with Crippen molar-refractivity contribution >= 4 is 17.7 Å². The lowest BCUT2D eigenvalue weighted by Gasteiger charge is -2.44. The van der Waals surface area contributed by atoms with E-state index in [-0.39, 0.29) is 17.9 Å². The Kier molecular flexibility index (Phi) is 8.63. The van der Waals surface area contributed by atoms with E-state index in [4.69, 9.17) is 9.47 Å². The number of thioether (sulfide) groups is 1. The van der Waals surface area contributed by atoms with Gasteiger partial charge in [0.25, 0.3) is 0 Å². The number of aliphatic hydroxyl groups excluding tert-OH is 3. The number of amides is 1. The molecular formula is C24H42N2O6S. The molecule has 4 rings (SSSR count). The summed E-state index contributed by atoms with van der Waals surface area (Å²) in [5.41, 5.74) is -0.668. The van der Waals surface area contributed by atoms with E-state index in [1.54, 1.807) is 6.26 Å². The molecule has 9 heteroatoms. The Hall–Kier alpha value is -0.420. The zero-order valence-corrected chi connectivity index (χ0v) is 20.9. The fourth-order valence-corrected chi connectivity index (χ4v) is 7.12. The lowest BCUT2D eigenvalue weighted by Crippen LogP contribution is -2.65. The van der Waals surface area contributed by atoms with Crippen molar-refractivity contribution in [3.8, 4) is 0 Å². The largest absolute Gasteiger partial charge is 0.388 e. The van der Waals surface area contributed by atoms with E-state index in [0.717, 1.165) is 25.3 Å². The first-order valence-corrected chi connectivity index (χ1v) is 14.0. The van der Waals surface area contributed by atoms with Crippen LogP contribution >= 0.6 is 11.8 Å². The molecule has 0 radical (unpaired) electrons. The molecule has 1 aliphatic carbocycles. The molecule has 3 saturated heterocycles. The first-order valence-electron chi connectivity index (χ1n) is 12.7. The smallest absolute Gasteiger partial charge is 0.240 e. The molecule has 0 aromatic rings. The van der Waals surface area contributed by atoms with Crippen molar-refractivity contribution < 1.29 is 29.6 Å². The summed E-state index contributed by atoms with van der Waals surface area (Å²) in [4.78, 5) is 13.4. The topological polar surface area (TPSA) is 120 Å². The summed E-state index contributed by atoms with van der Waals surface area (Å²) in [7, 11) is 0. The molecule has 8 nitrogen and oxygen atoms in total. The van der Waals surface area contributed by atoms with Crippen LogP contribution in [0.5, 0.6) is 0 Å². The molecule has 0 aromatic heterocycles. The Morgan fingerprint density at radius 2 is 1.76 bits per heavy atom. The number of fused-ring (bicyclic) bond motifs is 1. The van der Waals surface area contributed by atoms with Crippen LogP contribution in [0.3, 0.4) is 0 Å². The second-order valence-electron chi connectivity index (χ2n) is 10.8. The summed E-state index contributed by atoms with van der Waals surface area (Å²) in [5, 5.41) is 37.7. The molecule has 4 fully saturated rings. The summed E-state index contributed by atoms with van der Waals surface area (Å²) < 4.78 is 12.2. The zero-order chi connectivity index (χ0) is 23.7. The number of ether oxygens (including phenoxy) is 2. The molecule has 5 N–H and O–H groups in total. The molecule has 1 amide bonds. The standard InChI is InChI=1S/C24H42N2O6S/c1-12(2)16(22-19(28)18(27)20(29)24(32-22)33-3)26-23(30)17-21-15(11-25-17)10-14(8-9-31-21)13-6-4-5-7-13/h12-22,24-25,27-29H,4-11H2,1-3H3,(H,26,30)/t14-,15-,16+,17-,18?,19?,20+,21+,22+,24?/m0/s1.